The lowest BCUT2D eigenvalue weighted by Gasteiger charge is -2.03. The molecule has 0 amide bonds. The molecule has 1 aromatic carbocycles. The Bertz CT molecular complexity index is 339. The molecule has 0 aliphatic heterocycles. The molecule has 0 bridgehead atoms. The van der Waals surface area contributed by atoms with Crippen LogP contribution in [-0.4, -0.2) is 16.8 Å². The second-order valence-electron chi connectivity index (χ2n) is 2.98. The van der Waals surface area contributed by atoms with E-state index in [1.54, 1.807) is 0 Å². The second kappa shape index (κ2) is 5.27. The molecule has 0 radical (unpaired) electrons. The minimum Gasteiger partial charge on any atom is -0.481 e. The van der Waals surface area contributed by atoms with E-state index >= 15 is 0 Å². The Kier molecular flexibility index (Phi) is 4.29. The number of benzene rings is 1. The van der Waals surface area contributed by atoms with Crippen LogP contribution in [0.15, 0.2) is 18.2 Å². The quantitative estimate of drug-likeness (QED) is 0.864. The predicted octanol–water partition coefficient (Wildman–Crippen LogP) is 2.97. The van der Waals surface area contributed by atoms with E-state index in [9.17, 15) is 4.79 Å². The third-order valence-corrected chi connectivity index (χ3v) is 3.01. The molecule has 1 rings (SSSR count). The molecule has 0 saturated carbocycles. The Morgan fingerprint density at radius 2 is 2.29 bits per heavy atom. The van der Waals surface area contributed by atoms with Gasteiger partial charge in [0.1, 0.15) is 0 Å². The molecule has 14 heavy (non-hydrogen) atoms. The SMILES string of the molecule is Cc1ccc(CSCC(=O)O)c(Cl)c1. The first-order valence-corrected chi connectivity index (χ1v) is 5.67. The van der Waals surface area contributed by atoms with Crippen LogP contribution in [0.2, 0.25) is 5.02 Å². The highest BCUT2D eigenvalue weighted by molar-refractivity contribution is 7.99. The summed E-state index contributed by atoms with van der Waals surface area (Å²) in [6.07, 6.45) is 0. The van der Waals surface area contributed by atoms with E-state index in [-0.39, 0.29) is 5.75 Å². The highest BCUT2D eigenvalue weighted by Gasteiger charge is 2.02. The average molecular weight is 231 g/mol. The van der Waals surface area contributed by atoms with Gasteiger partial charge in [0.25, 0.3) is 0 Å². The van der Waals surface area contributed by atoms with Crippen molar-refractivity contribution in [1.82, 2.24) is 0 Å². The zero-order chi connectivity index (χ0) is 10.6. The maximum Gasteiger partial charge on any atom is 0.313 e. The first kappa shape index (κ1) is 11.4. The highest BCUT2D eigenvalue weighted by atomic mass is 35.5. The monoisotopic (exact) mass is 230 g/mol. The molecular formula is C10H11ClO2S. The number of aryl methyl sites for hydroxylation is 1. The maximum absolute atomic E-state index is 10.3. The van der Waals surface area contributed by atoms with Crippen LogP contribution in [0.5, 0.6) is 0 Å². The van der Waals surface area contributed by atoms with Crippen LogP contribution in [0.4, 0.5) is 0 Å². The van der Waals surface area contributed by atoms with Crippen LogP contribution in [0, 0.1) is 6.92 Å². The first-order valence-electron chi connectivity index (χ1n) is 4.14. The molecule has 1 aromatic rings. The molecule has 4 heteroatoms. The third kappa shape index (κ3) is 3.60. The minimum atomic E-state index is -0.793. The normalized spacial score (nSPS) is 10.1. The molecule has 0 aromatic heterocycles. The zero-order valence-electron chi connectivity index (χ0n) is 7.79. The Morgan fingerprint density at radius 1 is 1.57 bits per heavy atom. The van der Waals surface area contributed by atoms with Gasteiger partial charge >= 0.3 is 5.97 Å². The van der Waals surface area contributed by atoms with Crippen molar-refractivity contribution in [1.29, 1.82) is 0 Å². The lowest BCUT2D eigenvalue weighted by molar-refractivity contribution is -0.133. The van der Waals surface area contributed by atoms with Crippen LogP contribution in [0.25, 0.3) is 0 Å². The Hall–Kier alpha value is -0.670. The minimum absolute atomic E-state index is 0.115. The van der Waals surface area contributed by atoms with E-state index < -0.39 is 5.97 Å². The fraction of sp³-hybridized carbons (Fsp3) is 0.300. The smallest absolute Gasteiger partial charge is 0.313 e. The molecule has 0 aliphatic carbocycles. The van der Waals surface area contributed by atoms with E-state index in [0.29, 0.717) is 10.8 Å². The number of rotatable bonds is 4. The number of carboxylic acids is 1. The van der Waals surface area contributed by atoms with Crippen LogP contribution in [0.3, 0.4) is 0 Å². The topological polar surface area (TPSA) is 37.3 Å². The molecule has 1 N–H and O–H groups in total. The molecule has 0 saturated heterocycles. The van der Waals surface area contributed by atoms with Gasteiger partial charge in [-0.3, -0.25) is 4.79 Å². The lowest BCUT2D eigenvalue weighted by Crippen LogP contribution is -1.98. The van der Waals surface area contributed by atoms with Crippen molar-refractivity contribution in [3.8, 4) is 0 Å². The number of aliphatic carboxylic acids is 1. The summed E-state index contributed by atoms with van der Waals surface area (Å²) in [5.41, 5.74) is 2.10. The van der Waals surface area contributed by atoms with Gasteiger partial charge in [0.15, 0.2) is 0 Å². The standard InChI is InChI=1S/C10H11ClO2S/c1-7-2-3-8(9(11)4-7)5-14-6-10(12)13/h2-4H,5-6H2,1H3,(H,12,13). The van der Waals surface area contributed by atoms with Gasteiger partial charge in [-0.1, -0.05) is 23.7 Å². The number of halogens is 1. The Morgan fingerprint density at radius 3 is 2.86 bits per heavy atom. The van der Waals surface area contributed by atoms with Crippen molar-refractivity contribution in [3.63, 3.8) is 0 Å². The van der Waals surface area contributed by atoms with Gasteiger partial charge in [-0.25, -0.2) is 0 Å². The van der Waals surface area contributed by atoms with Crippen LogP contribution in [-0.2, 0) is 10.5 Å². The molecule has 76 valence electrons. The summed E-state index contributed by atoms with van der Waals surface area (Å²) >= 11 is 7.33. The number of hydrogen-bond acceptors (Lipinski definition) is 2. The summed E-state index contributed by atoms with van der Waals surface area (Å²) in [7, 11) is 0. The van der Waals surface area contributed by atoms with Gasteiger partial charge in [0.2, 0.25) is 0 Å². The van der Waals surface area contributed by atoms with Gasteiger partial charge in [-0.05, 0) is 24.1 Å². The average Bonchev–Trinajstić information content (AvgIpc) is 2.08. The van der Waals surface area contributed by atoms with Gasteiger partial charge in [0, 0.05) is 10.8 Å². The van der Waals surface area contributed by atoms with E-state index in [2.05, 4.69) is 0 Å². The number of carboxylic acid groups (broad SMARTS) is 1. The summed E-state index contributed by atoms with van der Waals surface area (Å²) < 4.78 is 0. The van der Waals surface area contributed by atoms with Crippen molar-refractivity contribution in [2.24, 2.45) is 0 Å². The number of carbonyl (C=O) groups is 1. The van der Waals surface area contributed by atoms with E-state index in [0.717, 1.165) is 11.1 Å². The summed E-state index contributed by atoms with van der Waals surface area (Å²) in [5, 5.41) is 9.16. The molecule has 0 unspecified atom stereocenters. The lowest BCUT2D eigenvalue weighted by atomic mass is 10.2. The first-order chi connectivity index (χ1) is 6.59. The molecule has 0 spiro atoms. The number of hydrogen-bond donors (Lipinski definition) is 1. The van der Waals surface area contributed by atoms with Gasteiger partial charge in [-0.15, -0.1) is 11.8 Å². The molecular weight excluding hydrogens is 220 g/mol. The molecule has 0 atom stereocenters. The van der Waals surface area contributed by atoms with Crippen molar-refractivity contribution in [3.05, 3.63) is 34.3 Å². The second-order valence-corrected chi connectivity index (χ2v) is 4.37. The maximum atomic E-state index is 10.3. The van der Waals surface area contributed by atoms with E-state index in [1.807, 2.05) is 25.1 Å². The summed E-state index contributed by atoms with van der Waals surface area (Å²) in [6.45, 7) is 1.97. The fourth-order valence-electron chi connectivity index (χ4n) is 1.02. The summed E-state index contributed by atoms with van der Waals surface area (Å²) in [5.74, 6) is -0.0338. The van der Waals surface area contributed by atoms with Crippen molar-refractivity contribution < 1.29 is 9.90 Å². The number of thioether (sulfide) groups is 1. The van der Waals surface area contributed by atoms with Crippen LogP contribution >= 0.6 is 23.4 Å². The third-order valence-electron chi connectivity index (χ3n) is 1.69. The molecule has 0 aliphatic rings. The van der Waals surface area contributed by atoms with Crippen molar-refractivity contribution in [2.45, 2.75) is 12.7 Å². The highest BCUT2D eigenvalue weighted by Crippen LogP contribution is 2.22. The molecule has 2 nitrogen and oxygen atoms in total. The summed E-state index contributed by atoms with van der Waals surface area (Å²) in [6, 6.07) is 5.80. The summed E-state index contributed by atoms with van der Waals surface area (Å²) in [4.78, 5) is 10.3. The van der Waals surface area contributed by atoms with Gasteiger partial charge < -0.3 is 5.11 Å². The van der Waals surface area contributed by atoms with Crippen molar-refractivity contribution in [2.75, 3.05) is 5.75 Å². The van der Waals surface area contributed by atoms with Gasteiger partial charge in [0.05, 0.1) is 5.75 Å². The zero-order valence-corrected chi connectivity index (χ0v) is 9.36. The predicted molar refractivity (Wildman–Crippen MR) is 60.0 cm³/mol. The molecule has 0 heterocycles. The van der Waals surface area contributed by atoms with Gasteiger partial charge in [-0.2, -0.15) is 0 Å². The fourth-order valence-corrected chi connectivity index (χ4v) is 2.15. The Labute approximate surface area is 92.3 Å². The van der Waals surface area contributed by atoms with E-state index in [4.69, 9.17) is 16.7 Å². The van der Waals surface area contributed by atoms with Crippen molar-refractivity contribution >= 4 is 29.3 Å². The van der Waals surface area contributed by atoms with E-state index in [1.165, 1.54) is 11.8 Å². The Balaban J connectivity index is 2.55. The largest absolute Gasteiger partial charge is 0.481 e. The van der Waals surface area contributed by atoms with Crippen LogP contribution < -0.4 is 0 Å². The van der Waals surface area contributed by atoms with Crippen LogP contribution in [0.1, 0.15) is 11.1 Å². The molecule has 0 fully saturated rings.